The predicted molar refractivity (Wildman–Crippen MR) is 139 cm³/mol. The van der Waals surface area contributed by atoms with E-state index in [2.05, 4.69) is 20.4 Å². The van der Waals surface area contributed by atoms with Crippen LogP contribution in [0.1, 0.15) is 22.0 Å². The van der Waals surface area contributed by atoms with E-state index >= 15 is 0 Å². The standard InChI is InChI=1S/C27H28N4O4S/c1-36(33,34)22-9-5-8-20(16-22)26-23-17-21(10-11-24(23)29-30-26)27(32)28-25(19-6-3-2-4-7-19)18-31-12-14-35-15-13-31/h2-11,16-17,25H,12-15,18H2,1H3,(H,28,32)(H,29,30). The van der Waals surface area contributed by atoms with Crippen molar-refractivity contribution in [3.63, 3.8) is 0 Å². The van der Waals surface area contributed by atoms with Gasteiger partial charge in [0.2, 0.25) is 0 Å². The van der Waals surface area contributed by atoms with Crippen molar-refractivity contribution in [1.29, 1.82) is 0 Å². The van der Waals surface area contributed by atoms with Gasteiger partial charge in [-0.1, -0.05) is 42.5 Å². The number of amides is 1. The van der Waals surface area contributed by atoms with E-state index in [1.807, 2.05) is 42.5 Å². The molecule has 1 aromatic heterocycles. The Morgan fingerprint density at radius 1 is 1.06 bits per heavy atom. The summed E-state index contributed by atoms with van der Waals surface area (Å²) in [5.74, 6) is -0.184. The summed E-state index contributed by atoms with van der Waals surface area (Å²) in [7, 11) is -3.36. The van der Waals surface area contributed by atoms with Crippen LogP contribution in [0.15, 0.2) is 77.7 Å². The van der Waals surface area contributed by atoms with Crippen molar-refractivity contribution >= 4 is 26.6 Å². The minimum atomic E-state index is -3.36. The molecule has 1 aliphatic heterocycles. The molecule has 0 bridgehead atoms. The fourth-order valence-corrected chi connectivity index (χ4v) is 5.12. The number of sulfone groups is 1. The van der Waals surface area contributed by atoms with Crippen LogP contribution in [-0.4, -0.2) is 68.5 Å². The number of carbonyl (C=O) groups excluding carboxylic acids is 1. The Kier molecular flexibility index (Phi) is 6.86. The lowest BCUT2D eigenvalue weighted by molar-refractivity contribution is 0.0332. The van der Waals surface area contributed by atoms with Gasteiger partial charge >= 0.3 is 0 Å². The molecule has 0 radical (unpaired) electrons. The maximum atomic E-state index is 13.4. The predicted octanol–water partition coefficient (Wildman–Crippen LogP) is 3.44. The van der Waals surface area contributed by atoms with Crippen LogP contribution in [0, 0.1) is 0 Å². The molecule has 2 N–H and O–H groups in total. The van der Waals surface area contributed by atoms with Gasteiger partial charge in [-0.05, 0) is 35.9 Å². The summed E-state index contributed by atoms with van der Waals surface area (Å²) in [6, 6.07) is 21.8. The first kappa shape index (κ1) is 24.2. The third kappa shape index (κ3) is 5.33. The number of morpholine rings is 1. The summed E-state index contributed by atoms with van der Waals surface area (Å²) in [5.41, 5.74) is 3.57. The summed E-state index contributed by atoms with van der Waals surface area (Å²) in [5, 5.41) is 11.3. The second-order valence-corrected chi connectivity index (χ2v) is 11.0. The highest BCUT2D eigenvalue weighted by atomic mass is 32.2. The Balaban J connectivity index is 1.44. The quantitative estimate of drug-likeness (QED) is 0.400. The number of benzene rings is 3. The Bertz CT molecular complexity index is 1480. The summed E-state index contributed by atoms with van der Waals surface area (Å²) in [6.45, 7) is 3.73. The molecule has 4 aromatic rings. The molecule has 2 heterocycles. The van der Waals surface area contributed by atoms with E-state index in [1.54, 1.807) is 30.3 Å². The average Bonchev–Trinajstić information content (AvgIpc) is 3.32. The summed E-state index contributed by atoms with van der Waals surface area (Å²) < 4.78 is 29.5. The van der Waals surface area contributed by atoms with E-state index in [0.717, 1.165) is 29.6 Å². The van der Waals surface area contributed by atoms with Crippen molar-refractivity contribution in [1.82, 2.24) is 20.4 Å². The molecule has 0 saturated carbocycles. The first-order valence-electron chi connectivity index (χ1n) is 11.8. The molecule has 5 rings (SSSR count). The van der Waals surface area contributed by atoms with Crippen molar-refractivity contribution in [2.75, 3.05) is 39.1 Å². The van der Waals surface area contributed by atoms with Gasteiger partial charge in [-0.3, -0.25) is 14.8 Å². The molecular weight excluding hydrogens is 476 g/mol. The van der Waals surface area contributed by atoms with E-state index in [1.165, 1.54) is 6.26 Å². The van der Waals surface area contributed by atoms with Gasteiger partial charge in [0.05, 0.1) is 35.4 Å². The largest absolute Gasteiger partial charge is 0.379 e. The Labute approximate surface area is 210 Å². The third-order valence-corrected chi connectivity index (χ3v) is 7.52. The lowest BCUT2D eigenvalue weighted by Gasteiger charge is -2.31. The summed E-state index contributed by atoms with van der Waals surface area (Å²) >= 11 is 0. The summed E-state index contributed by atoms with van der Waals surface area (Å²) in [6.07, 6.45) is 1.18. The van der Waals surface area contributed by atoms with E-state index in [9.17, 15) is 13.2 Å². The lowest BCUT2D eigenvalue weighted by Crippen LogP contribution is -2.43. The van der Waals surface area contributed by atoms with Gasteiger partial charge in [0, 0.05) is 42.4 Å². The molecule has 36 heavy (non-hydrogen) atoms. The van der Waals surface area contributed by atoms with Crippen LogP contribution in [0.3, 0.4) is 0 Å². The molecule has 1 saturated heterocycles. The maximum Gasteiger partial charge on any atom is 0.251 e. The molecule has 0 aliphatic carbocycles. The number of fused-ring (bicyclic) bond motifs is 1. The molecule has 1 fully saturated rings. The first-order valence-corrected chi connectivity index (χ1v) is 13.7. The second-order valence-electron chi connectivity index (χ2n) is 8.98. The van der Waals surface area contributed by atoms with Crippen molar-refractivity contribution in [3.8, 4) is 11.3 Å². The Morgan fingerprint density at radius 3 is 2.58 bits per heavy atom. The maximum absolute atomic E-state index is 13.4. The Morgan fingerprint density at radius 2 is 1.83 bits per heavy atom. The molecule has 1 aliphatic rings. The number of hydrogen-bond donors (Lipinski definition) is 2. The molecule has 186 valence electrons. The molecular formula is C27H28N4O4S. The van der Waals surface area contributed by atoms with Crippen LogP contribution < -0.4 is 5.32 Å². The fraction of sp³-hybridized carbons (Fsp3) is 0.259. The van der Waals surface area contributed by atoms with E-state index in [4.69, 9.17) is 4.74 Å². The highest BCUT2D eigenvalue weighted by Gasteiger charge is 2.21. The van der Waals surface area contributed by atoms with Gasteiger partial charge in [0.25, 0.3) is 5.91 Å². The number of aromatic amines is 1. The van der Waals surface area contributed by atoms with Crippen molar-refractivity contribution < 1.29 is 17.9 Å². The molecule has 0 spiro atoms. The molecule has 8 nitrogen and oxygen atoms in total. The zero-order valence-electron chi connectivity index (χ0n) is 20.0. The van der Waals surface area contributed by atoms with Crippen molar-refractivity contribution in [3.05, 3.63) is 83.9 Å². The van der Waals surface area contributed by atoms with Gasteiger partial charge in [-0.25, -0.2) is 8.42 Å². The molecule has 1 amide bonds. The minimum absolute atomic E-state index is 0.178. The number of hydrogen-bond acceptors (Lipinski definition) is 6. The number of ether oxygens (including phenoxy) is 1. The Hall–Kier alpha value is -3.53. The van der Waals surface area contributed by atoms with E-state index in [0.29, 0.717) is 36.6 Å². The molecule has 1 unspecified atom stereocenters. The second kappa shape index (κ2) is 10.2. The van der Waals surface area contributed by atoms with Gasteiger partial charge in [0.15, 0.2) is 9.84 Å². The van der Waals surface area contributed by atoms with Crippen LogP contribution in [0.25, 0.3) is 22.2 Å². The number of nitrogens with one attached hydrogen (secondary N) is 2. The molecule has 3 aromatic carbocycles. The van der Waals surface area contributed by atoms with Crippen LogP contribution in [0.2, 0.25) is 0 Å². The highest BCUT2D eigenvalue weighted by Crippen LogP contribution is 2.29. The minimum Gasteiger partial charge on any atom is -0.379 e. The van der Waals surface area contributed by atoms with Crippen LogP contribution in [0.5, 0.6) is 0 Å². The number of aromatic nitrogens is 2. The van der Waals surface area contributed by atoms with Crippen LogP contribution in [-0.2, 0) is 14.6 Å². The van der Waals surface area contributed by atoms with Gasteiger partial charge < -0.3 is 10.1 Å². The number of carbonyl (C=O) groups is 1. The molecule has 1 atom stereocenters. The van der Waals surface area contributed by atoms with E-state index < -0.39 is 9.84 Å². The smallest absolute Gasteiger partial charge is 0.251 e. The van der Waals surface area contributed by atoms with E-state index in [-0.39, 0.29) is 16.8 Å². The normalized spacial score (nSPS) is 15.6. The van der Waals surface area contributed by atoms with Crippen molar-refractivity contribution in [2.45, 2.75) is 10.9 Å². The van der Waals surface area contributed by atoms with Crippen molar-refractivity contribution in [2.24, 2.45) is 0 Å². The third-order valence-electron chi connectivity index (χ3n) is 6.41. The summed E-state index contributed by atoms with van der Waals surface area (Å²) in [4.78, 5) is 15.9. The number of rotatable bonds is 7. The monoisotopic (exact) mass is 504 g/mol. The SMILES string of the molecule is CS(=O)(=O)c1cccc(-c2n[nH]c3ccc(C(=O)NC(CN4CCOCC4)c4ccccc4)cc23)c1. The molecule has 9 heteroatoms. The average molecular weight is 505 g/mol. The number of nitrogens with zero attached hydrogens (tertiary/aromatic N) is 2. The van der Waals surface area contributed by atoms with Gasteiger partial charge in [0.1, 0.15) is 0 Å². The zero-order chi connectivity index (χ0) is 25.1. The lowest BCUT2D eigenvalue weighted by atomic mass is 10.0. The van der Waals surface area contributed by atoms with Crippen LogP contribution >= 0.6 is 0 Å². The highest BCUT2D eigenvalue weighted by molar-refractivity contribution is 7.90. The van der Waals surface area contributed by atoms with Gasteiger partial charge in [-0.15, -0.1) is 0 Å². The zero-order valence-corrected chi connectivity index (χ0v) is 20.8. The first-order chi connectivity index (χ1) is 17.4. The topological polar surface area (TPSA) is 104 Å². The fourth-order valence-electron chi connectivity index (χ4n) is 4.45. The number of H-pyrrole nitrogens is 1. The van der Waals surface area contributed by atoms with Crippen LogP contribution in [0.4, 0.5) is 0 Å². The van der Waals surface area contributed by atoms with Gasteiger partial charge in [-0.2, -0.15) is 5.10 Å².